The number of nitrogens with two attached hydrogens (primary N) is 1. The van der Waals surface area contributed by atoms with E-state index >= 15 is 0 Å². The average Bonchev–Trinajstić information content (AvgIpc) is 3.00. The zero-order valence-electron chi connectivity index (χ0n) is 11.3. The van der Waals surface area contributed by atoms with Gasteiger partial charge in [0.1, 0.15) is 6.61 Å². The predicted octanol–water partition coefficient (Wildman–Crippen LogP) is 0.358. The molecule has 21 heavy (non-hydrogen) atoms. The third-order valence-electron chi connectivity index (χ3n) is 2.70. The van der Waals surface area contributed by atoms with Crippen LogP contribution in [0.2, 0.25) is 0 Å². The fraction of sp³-hybridized carbons (Fsp3) is 0.231. The highest BCUT2D eigenvalue weighted by Gasteiger charge is 2.12. The van der Waals surface area contributed by atoms with Crippen molar-refractivity contribution in [1.29, 1.82) is 0 Å². The maximum absolute atomic E-state index is 11.2. The van der Waals surface area contributed by atoms with Gasteiger partial charge in [0.25, 0.3) is 5.91 Å². The van der Waals surface area contributed by atoms with Crippen molar-refractivity contribution in [3.8, 4) is 11.5 Å². The van der Waals surface area contributed by atoms with Crippen LogP contribution in [0.15, 0.2) is 28.8 Å². The third kappa shape index (κ3) is 3.50. The van der Waals surface area contributed by atoms with Crippen molar-refractivity contribution < 1.29 is 23.9 Å². The Balaban J connectivity index is 2.06. The number of hydrogen-bond acceptors (Lipinski definition) is 7. The Kier molecular flexibility index (Phi) is 4.75. The number of carbonyl (C=O) groups is 1. The molecule has 1 heterocycles. The molecule has 2 rings (SSSR count). The first-order valence-electron chi connectivity index (χ1n) is 6.05. The molecule has 0 saturated heterocycles. The summed E-state index contributed by atoms with van der Waals surface area (Å²) in [5, 5.41) is 12.6. The highest BCUT2D eigenvalue weighted by molar-refractivity contribution is 5.91. The van der Waals surface area contributed by atoms with Crippen LogP contribution >= 0.6 is 0 Å². The van der Waals surface area contributed by atoms with Gasteiger partial charge >= 0.3 is 0 Å². The van der Waals surface area contributed by atoms with E-state index in [-0.39, 0.29) is 18.9 Å². The summed E-state index contributed by atoms with van der Waals surface area (Å²) in [6.07, 6.45) is 0. The second kappa shape index (κ2) is 6.73. The molecule has 112 valence electrons. The normalized spacial score (nSPS) is 10.2. The van der Waals surface area contributed by atoms with Gasteiger partial charge in [-0.1, -0.05) is 11.2 Å². The van der Waals surface area contributed by atoms with Crippen LogP contribution in [0, 0.1) is 0 Å². The Morgan fingerprint density at radius 1 is 1.43 bits per heavy atom. The van der Waals surface area contributed by atoms with Gasteiger partial charge in [0.2, 0.25) is 0 Å². The first kappa shape index (κ1) is 14.8. The molecule has 0 fully saturated rings. The van der Waals surface area contributed by atoms with Gasteiger partial charge in [-0.2, -0.15) is 0 Å². The van der Waals surface area contributed by atoms with Crippen LogP contribution in [0.4, 0.5) is 0 Å². The van der Waals surface area contributed by atoms with Crippen molar-refractivity contribution in [3.05, 3.63) is 41.3 Å². The number of aliphatic hydroxyl groups is 1. The summed E-state index contributed by atoms with van der Waals surface area (Å²) >= 11 is 0. The van der Waals surface area contributed by atoms with Crippen LogP contribution in [-0.4, -0.2) is 23.3 Å². The number of nitrogens with zero attached hydrogens (tertiary/aromatic N) is 1. The fourth-order valence-electron chi connectivity index (χ4n) is 1.64. The molecule has 1 amide bonds. The lowest BCUT2D eigenvalue weighted by molar-refractivity contribution is 0.0944. The Bertz CT molecular complexity index is 626. The SMILES string of the molecule is COc1cc(CO)ccc1OCc1cc(C(=O)NN)no1. The molecule has 0 unspecified atom stereocenters. The molecule has 1 aromatic heterocycles. The van der Waals surface area contributed by atoms with Gasteiger partial charge in [-0.15, -0.1) is 0 Å². The van der Waals surface area contributed by atoms with Crippen LogP contribution in [0.1, 0.15) is 21.8 Å². The zero-order chi connectivity index (χ0) is 15.2. The largest absolute Gasteiger partial charge is 0.493 e. The van der Waals surface area contributed by atoms with E-state index < -0.39 is 5.91 Å². The van der Waals surface area contributed by atoms with E-state index in [9.17, 15) is 4.79 Å². The summed E-state index contributed by atoms with van der Waals surface area (Å²) in [5.41, 5.74) is 2.73. The van der Waals surface area contributed by atoms with Gasteiger partial charge in [0.15, 0.2) is 23.0 Å². The first-order valence-corrected chi connectivity index (χ1v) is 6.05. The van der Waals surface area contributed by atoms with E-state index in [1.54, 1.807) is 18.2 Å². The van der Waals surface area contributed by atoms with E-state index in [1.165, 1.54) is 13.2 Å². The Hall–Kier alpha value is -2.58. The van der Waals surface area contributed by atoms with E-state index in [1.807, 2.05) is 5.43 Å². The van der Waals surface area contributed by atoms with Crippen LogP contribution < -0.4 is 20.7 Å². The molecule has 0 saturated carbocycles. The van der Waals surface area contributed by atoms with Gasteiger partial charge in [0, 0.05) is 6.07 Å². The third-order valence-corrected chi connectivity index (χ3v) is 2.70. The number of carbonyl (C=O) groups excluding carboxylic acids is 1. The van der Waals surface area contributed by atoms with E-state index in [2.05, 4.69) is 5.16 Å². The van der Waals surface area contributed by atoms with E-state index in [0.29, 0.717) is 22.8 Å². The molecular weight excluding hydrogens is 278 g/mol. The van der Waals surface area contributed by atoms with Crippen LogP contribution in [0.3, 0.4) is 0 Å². The number of hydrazine groups is 1. The molecule has 0 aliphatic heterocycles. The summed E-state index contributed by atoms with van der Waals surface area (Å²) in [6, 6.07) is 6.49. The fourth-order valence-corrected chi connectivity index (χ4v) is 1.64. The smallest absolute Gasteiger partial charge is 0.287 e. The zero-order valence-corrected chi connectivity index (χ0v) is 11.3. The first-order chi connectivity index (χ1) is 10.2. The molecule has 2 aromatic rings. The lowest BCUT2D eigenvalue weighted by atomic mass is 10.2. The number of aliphatic hydroxyl groups excluding tert-OH is 1. The van der Waals surface area contributed by atoms with Crippen molar-refractivity contribution in [1.82, 2.24) is 10.6 Å². The van der Waals surface area contributed by atoms with Gasteiger partial charge in [-0.05, 0) is 17.7 Å². The number of benzene rings is 1. The number of hydrogen-bond donors (Lipinski definition) is 3. The van der Waals surface area contributed by atoms with Gasteiger partial charge in [-0.25, -0.2) is 5.84 Å². The Labute approximate surface area is 120 Å². The van der Waals surface area contributed by atoms with Crippen molar-refractivity contribution in [2.24, 2.45) is 5.84 Å². The molecule has 0 spiro atoms. The minimum absolute atomic E-state index is 0.0682. The topological polar surface area (TPSA) is 120 Å². The quantitative estimate of drug-likeness (QED) is 0.399. The molecular formula is C13H15N3O5. The highest BCUT2D eigenvalue weighted by atomic mass is 16.5. The van der Waals surface area contributed by atoms with Crippen LogP contribution in [-0.2, 0) is 13.2 Å². The average molecular weight is 293 g/mol. The number of ether oxygens (including phenoxy) is 2. The van der Waals surface area contributed by atoms with Crippen LogP contribution in [0.25, 0.3) is 0 Å². The number of nitrogens with one attached hydrogen (secondary N) is 1. The molecule has 0 bridgehead atoms. The summed E-state index contributed by atoms with van der Waals surface area (Å²) < 4.78 is 15.7. The summed E-state index contributed by atoms with van der Waals surface area (Å²) in [6.45, 7) is -0.0179. The summed E-state index contributed by atoms with van der Waals surface area (Å²) in [7, 11) is 1.50. The number of methoxy groups -OCH3 is 1. The summed E-state index contributed by atoms with van der Waals surface area (Å²) in [4.78, 5) is 11.2. The number of nitrogen functional groups attached to an aromatic ring is 1. The molecule has 0 aliphatic rings. The second-order valence-corrected chi connectivity index (χ2v) is 4.08. The van der Waals surface area contributed by atoms with Crippen LogP contribution in [0.5, 0.6) is 11.5 Å². The maximum Gasteiger partial charge on any atom is 0.287 e. The maximum atomic E-state index is 11.2. The summed E-state index contributed by atoms with van der Waals surface area (Å²) in [5.74, 6) is 5.78. The molecule has 0 atom stereocenters. The lowest BCUT2D eigenvalue weighted by Crippen LogP contribution is -2.30. The van der Waals surface area contributed by atoms with Crippen molar-refractivity contribution >= 4 is 5.91 Å². The van der Waals surface area contributed by atoms with Gasteiger partial charge in [0.05, 0.1) is 13.7 Å². The molecule has 8 nitrogen and oxygen atoms in total. The van der Waals surface area contributed by atoms with Crippen molar-refractivity contribution in [3.63, 3.8) is 0 Å². The van der Waals surface area contributed by atoms with E-state index in [4.69, 9.17) is 24.9 Å². The Morgan fingerprint density at radius 2 is 2.24 bits per heavy atom. The van der Waals surface area contributed by atoms with E-state index in [0.717, 1.165) is 0 Å². The molecule has 1 aromatic carbocycles. The highest BCUT2D eigenvalue weighted by Crippen LogP contribution is 2.28. The number of rotatable bonds is 6. The number of amides is 1. The second-order valence-electron chi connectivity index (χ2n) is 4.08. The minimum Gasteiger partial charge on any atom is -0.493 e. The molecule has 0 aliphatic carbocycles. The molecule has 8 heteroatoms. The van der Waals surface area contributed by atoms with Crippen molar-refractivity contribution in [2.75, 3.05) is 7.11 Å². The minimum atomic E-state index is -0.546. The predicted molar refractivity (Wildman–Crippen MR) is 71.4 cm³/mol. The molecule has 4 N–H and O–H groups in total. The van der Waals surface area contributed by atoms with Gasteiger partial charge in [-0.3, -0.25) is 10.2 Å². The molecule has 0 radical (unpaired) electrons. The lowest BCUT2D eigenvalue weighted by Gasteiger charge is -2.10. The standard InChI is InChI=1S/C13H15N3O5/c1-19-12-4-8(6-17)2-3-11(12)20-7-9-5-10(16-21-9)13(18)15-14/h2-5,17H,6-7,14H2,1H3,(H,15,18). The number of aromatic nitrogens is 1. The monoisotopic (exact) mass is 293 g/mol. The van der Waals surface area contributed by atoms with Crippen molar-refractivity contribution in [2.45, 2.75) is 13.2 Å². The van der Waals surface area contributed by atoms with Gasteiger partial charge < -0.3 is 19.1 Å². The Morgan fingerprint density at radius 3 is 2.90 bits per heavy atom.